The fourth-order valence-electron chi connectivity index (χ4n) is 6.26. The first-order chi connectivity index (χ1) is 18.1. The largest absolute Gasteiger partial charge is 0.351 e. The van der Waals surface area contributed by atoms with E-state index in [4.69, 9.17) is 9.97 Å². The van der Waals surface area contributed by atoms with Crippen molar-refractivity contribution in [3.05, 3.63) is 88.7 Å². The van der Waals surface area contributed by atoms with Gasteiger partial charge in [-0.2, -0.15) is 0 Å². The van der Waals surface area contributed by atoms with E-state index >= 15 is 0 Å². The summed E-state index contributed by atoms with van der Waals surface area (Å²) in [5.41, 5.74) is 4.48. The average Bonchev–Trinajstić information content (AvgIpc) is 3.45. The van der Waals surface area contributed by atoms with E-state index in [0.29, 0.717) is 30.5 Å². The van der Waals surface area contributed by atoms with Gasteiger partial charge in [-0.25, -0.2) is 9.97 Å². The minimum Gasteiger partial charge on any atom is -0.351 e. The van der Waals surface area contributed by atoms with Crippen LogP contribution < -0.4 is 10.6 Å². The molecule has 5 rings (SSSR count). The van der Waals surface area contributed by atoms with Crippen LogP contribution in [0.2, 0.25) is 0 Å². The van der Waals surface area contributed by atoms with Gasteiger partial charge in [-0.3, -0.25) is 4.79 Å². The van der Waals surface area contributed by atoms with Crippen molar-refractivity contribution in [2.75, 3.05) is 5.32 Å². The highest BCUT2D eigenvalue weighted by molar-refractivity contribution is 5.97. The maximum atomic E-state index is 13.9. The lowest BCUT2D eigenvalue weighted by atomic mass is 9.73. The molecule has 5 heteroatoms. The predicted molar refractivity (Wildman–Crippen MR) is 150 cm³/mol. The average molecular weight is 497 g/mol. The van der Waals surface area contributed by atoms with Gasteiger partial charge in [0, 0.05) is 18.0 Å². The number of rotatable bonds is 8. The van der Waals surface area contributed by atoms with Crippen LogP contribution in [-0.2, 0) is 18.4 Å². The van der Waals surface area contributed by atoms with Crippen LogP contribution in [0.3, 0.4) is 0 Å². The number of nitrogens with zero attached hydrogens (tertiary/aromatic N) is 2. The minimum absolute atomic E-state index is 0.0732. The van der Waals surface area contributed by atoms with Gasteiger partial charge in [-0.05, 0) is 62.0 Å². The Morgan fingerprint density at radius 3 is 2.22 bits per heavy atom. The van der Waals surface area contributed by atoms with Crippen molar-refractivity contribution in [3.8, 4) is 0 Å². The smallest absolute Gasteiger partial charge is 0.255 e. The molecule has 2 aromatic carbocycles. The van der Waals surface area contributed by atoms with Crippen LogP contribution in [-0.4, -0.2) is 21.9 Å². The highest BCUT2D eigenvalue weighted by Crippen LogP contribution is 2.47. The third kappa shape index (κ3) is 5.56. The van der Waals surface area contributed by atoms with Gasteiger partial charge < -0.3 is 10.6 Å². The molecule has 0 bridgehead atoms. The summed E-state index contributed by atoms with van der Waals surface area (Å²) in [6.07, 6.45) is 9.70. The van der Waals surface area contributed by atoms with Crippen molar-refractivity contribution in [1.29, 1.82) is 0 Å². The molecule has 2 aliphatic rings. The summed E-state index contributed by atoms with van der Waals surface area (Å²) in [6.45, 7) is 4.92. The van der Waals surface area contributed by atoms with E-state index in [9.17, 15) is 4.79 Å². The number of nitrogens with one attached hydrogen (secondary N) is 2. The van der Waals surface area contributed by atoms with Crippen molar-refractivity contribution in [1.82, 2.24) is 15.3 Å². The Hall–Kier alpha value is -3.21. The second-order valence-corrected chi connectivity index (χ2v) is 11.0. The lowest BCUT2D eigenvalue weighted by molar-refractivity contribution is 0.0946. The number of anilines is 1. The van der Waals surface area contributed by atoms with Gasteiger partial charge in [-0.1, -0.05) is 87.4 Å². The van der Waals surface area contributed by atoms with Gasteiger partial charge in [-0.15, -0.1) is 0 Å². The summed E-state index contributed by atoms with van der Waals surface area (Å²) < 4.78 is 0. The molecule has 1 amide bonds. The normalized spacial score (nSPS) is 20.9. The quantitative estimate of drug-likeness (QED) is 0.359. The maximum absolute atomic E-state index is 13.9. The molecule has 0 saturated heterocycles. The third-order valence-electron chi connectivity index (χ3n) is 8.43. The van der Waals surface area contributed by atoms with Crippen LogP contribution >= 0.6 is 0 Å². The fraction of sp³-hybridized carbons (Fsp3) is 0.469. The molecule has 194 valence electrons. The molecule has 1 heterocycles. The molecular weight excluding hydrogens is 456 g/mol. The van der Waals surface area contributed by atoms with Crippen molar-refractivity contribution in [3.63, 3.8) is 0 Å². The Labute approximate surface area is 221 Å². The summed E-state index contributed by atoms with van der Waals surface area (Å²) in [5.74, 6) is 1.40. The fourth-order valence-corrected chi connectivity index (χ4v) is 6.26. The van der Waals surface area contributed by atoms with Crippen LogP contribution in [0.15, 0.2) is 60.7 Å². The number of amides is 1. The second-order valence-electron chi connectivity index (χ2n) is 11.0. The molecule has 2 aliphatic carbocycles. The van der Waals surface area contributed by atoms with Crippen molar-refractivity contribution in [2.45, 2.75) is 89.6 Å². The summed E-state index contributed by atoms with van der Waals surface area (Å²) in [4.78, 5) is 24.0. The predicted octanol–water partition coefficient (Wildman–Crippen LogP) is 6.82. The van der Waals surface area contributed by atoms with E-state index in [1.54, 1.807) is 0 Å². The first kappa shape index (κ1) is 25.4. The lowest BCUT2D eigenvalue weighted by Crippen LogP contribution is -2.34. The Morgan fingerprint density at radius 2 is 1.57 bits per heavy atom. The molecule has 0 aliphatic heterocycles. The van der Waals surface area contributed by atoms with E-state index in [0.717, 1.165) is 61.4 Å². The lowest BCUT2D eigenvalue weighted by Gasteiger charge is -2.33. The summed E-state index contributed by atoms with van der Waals surface area (Å²) in [7, 11) is 0. The molecule has 2 fully saturated rings. The number of carbonyl (C=O) groups is 1. The number of aromatic nitrogens is 2. The van der Waals surface area contributed by atoms with Crippen molar-refractivity contribution < 1.29 is 4.79 Å². The molecule has 37 heavy (non-hydrogen) atoms. The van der Waals surface area contributed by atoms with E-state index in [1.807, 2.05) is 30.3 Å². The van der Waals surface area contributed by atoms with Crippen LogP contribution in [0.5, 0.6) is 0 Å². The van der Waals surface area contributed by atoms with E-state index < -0.39 is 0 Å². The number of carbonyl (C=O) groups excluding carboxylic acids is 1. The van der Waals surface area contributed by atoms with Gasteiger partial charge in [0.15, 0.2) is 0 Å². The summed E-state index contributed by atoms with van der Waals surface area (Å²) in [5, 5.41) is 6.87. The van der Waals surface area contributed by atoms with E-state index in [1.165, 1.54) is 18.4 Å². The molecule has 1 aromatic heterocycles. The Kier molecular flexibility index (Phi) is 7.87. The number of benzene rings is 2. The molecule has 0 radical (unpaired) electrons. The summed E-state index contributed by atoms with van der Waals surface area (Å²) in [6, 6.07) is 21.2. The van der Waals surface area contributed by atoms with Crippen molar-refractivity contribution >= 4 is 11.9 Å². The molecule has 0 unspecified atom stereocenters. The second kappa shape index (κ2) is 11.5. The zero-order valence-corrected chi connectivity index (χ0v) is 22.3. The summed E-state index contributed by atoms with van der Waals surface area (Å²) >= 11 is 0. The van der Waals surface area contributed by atoms with Gasteiger partial charge in [0.05, 0.1) is 17.0 Å². The van der Waals surface area contributed by atoms with Gasteiger partial charge >= 0.3 is 0 Å². The minimum atomic E-state index is -0.273. The first-order valence-corrected chi connectivity index (χ1v) is 14.1. The molecule has 2 saturated carbocycles. The van der Waals surface area contributed by atoms with Crippen molar-refractivity contribution in [2.24, 2.45) is 5.92 Å². The maximum Gasteiger partial charge on any atom is 0.255 e. The number of hydrogen-bond donors (Lipinski definition) is 2. The highest BCUT2D eigenvalue weighted by atomic mass is 16.1. The monoisotopic (exact) mass is 496 g/mol. The first-order valence-electron chi connectivity index (χ1n) is 14.1. The number of hydrogen-bond acceptors (Lipinski definition) is 4. The molecule has 3 aromatic rings. The zero-order chi connectivity index (χ0) is 25.7. The van der Waals surface area contributed by atoms with E-state index in [-0.39, 0.29) is 11.3 Å². The zero-order valence-electron chi connectivity index (χ0n) is 22.3. The molecule has 0 spiro atoms. The highest BCUT2D eigenvalue weighted by Gasteiger charge is 2.42. The van der Waals surface area contributed by atoms with Crippen LogP contribution in [0.4, 0.5) is 5.95 Å². The topological polar surface area (TPSA) is 66.9 Å². The SMILES string of the molecule is CCc1nc(NC2CCC(C)CC2)nc(C2(c3ccccc3)CCCC2)c1C(=O)NCc1ccccc1. The van der Waals surface area contributed by atoms with Crippen LogP contribution in [0.25, 0.3) is 0 Å². The number of aryl methyl sites for hydroxylation is 1. The molecular formula is C32H40N4O. The third-order valence-corrected chi connectivity index (χ3v) is 8.43. The van der Waals surface area contributed by atoms with Gasteiger partial charge in [0.25, 0.3) is 5.91 Å². The Bertz CT molecular complexity index is 1180. The van der Waals surface area contributed by atoms with Crippen LogP contribution in [0, 0.1) is 5.92 Å². The molecule has 0 atom stereocenters. The van der Waals surface area contributed by atoms with Gasteiger partial charge in [0.2, 0.25) is 5.95 Å². The van der Waals surface area contributed by atoms with E-state index in [2.05, 4.69) is 54.8 Å². The van der Waals surface area contributed by atoms with Crippen LogP contribution in [0.1, 0.15) is 98.1 Å². The Morgan fingerprint density at radius 1 is 0.919 bits per heavy atom. The Balaban J connectivity index is 1.56. The van der Waals surface area contributed by atoms with Gasteiger partial charge in [0.1, 0.15) is 0 Å². The molecule has 5 nitrogen and oxygen atoms in total. The standard InChI is InChI=1S/C32H40N4O/c1-3-27-28(30(37)33-22-24-12-6-4-7-13-24)29(32(20-10-11-21-32)25-14-8-5-9-15-25)36-31(35-27)34-26-18-16-23(2)17-19-26/h4-9,12-15,23,26H,3,10-11,16-22H2,1-2H3,(H,33,37)(H,34,35,36). The molecule has 2 N–H and O–H groups in total.